The van der Waals surface area contributed by atoms with Gasteiger partial charge in [-0.05, 0) is 55.5 Å². The van der Waals surface area contributed by atoms with Crippen LogP contribution in [0, 0.1) is 5.92 Å². The summed E-state index contributed by atoms with van der Waals surface area (Å²) in [6, 6.07) is 1.36. The highest BCUT2D eigenvalue weighted by molar-refractivity contribution is 6.02. The summed E-state index contributed by atoms with van der Waals surface area (Å²) in [6.07, 6.45) is 1.19. The Bertz CT molecular complexity index is 1140. The van der Waals surface area contributed by atoms with Gasteiger partial charge in [0.05, 0.1) is 22.4 Å². The van der Waals surface area contributed by atoms with Gasteiger partial charge in [-0.3, -0.25) is 4.79 Å². The fourth-order valence-electron chi connectivity index (χ4n) is 3.68. The number of nitrogens with zero attached hydrogens (tertiary/aromatic N) is 2. The van der Waals surface area contributed by atoms with Gasteiger partial charge >= 0.3 is 12.4 Å². The molecule has 1 aliphatic heterocycles. The van der Waals surface area contributed by atoms with Crippen molar-refractivity contribution in [3.8, 4) is 0 Å². The van der Waals surface area contributed by atoms with E-state index in [1.165, 1.54) is 23.5 Å². The summed E-state index contributed by atoms with van der Waals surface area (Å²) in [6.45, 7) is 9.24. The van der Waals surface area contributed by atoms with Crippen molar-refractivity contribution in [2.24, 2.45) is 16.8 Å². The van der Waals surface area contributed by atoms with Crippen LogP contribution in [0.2, 0.25) is 0 Å². The first-order valence-electron chi connectivity index (χ1n) is 11.5. The molecule has 2 rings (SSSR count). The molecule has 1 unspecified atom stereocenters. The van der Waals surface area contributed by atoms with E-state index in [2.05, 4.69) is 11.7 Å². The van der Waals surface area contributed by atoms with E-state index < -0.39 is 35.3 Å². The fourth-order valence-corrected chi connectivity index (χ4v) is 3.68. The highest BCUT2D eigenvalue weighted by Gasteiger charge is 2.37. The second kappa shape index (κ2) is 12.1. The molecule has 0 saturated heterocycles. The van der Waals surface area contributed by atoms with Crippen molar-refractivity contribution >= 4 is 11.6 Å². The topological polar surface area (TPSA) is 58.7 Å². The third kappa shape index (κ3) is 7.96. The van der Waals surface area contributed by atoms with E-state index in [4.69, 9.17) is 5.73 Å². The largest absolute Gasteiger partial charge is 0.416 e. The Morgan fingerprint density at radius 1 is 1.16 bits per heavy atom. The van der Waals surface area contributed by atoms with Crippen LogP contribution in [-0.4, -0.2) is 16.6 Å². The smallest absolute Gasteiger partial charge is 0.366 e. The Labute approximate surface area is 212 Å². The predicted octanol–water partition coefficient (Wildman–Crippen LogP) is 7.51. The van der Waals surface area contributed by atoms with Crippen molar-refractivity contribution < 1.29 is 31.1 Å². The number of halogens is 6. The van der Waals surface area contributed by atoms with Crippen molar-refractivity contribution in [2.45, 2.75) is 52.4 Å². The second-order valence-electron chi connectivity index (χ2n) is 8.46. The maximum atomic E-state index is 13.4. The summed E-state index contributed by atoms with van der Waals surface area (Å²) < 4.78 is 80.5. The number of alkyl halides is 6. The van der Waals surface area contributed by atoms with Gasteiger partial charge in [0.25, 0.3) is 5.91 Å². The molecular formula is C27H29F6N3O. The van der Waals surface area contributed by atoms with Gasteiger partial charge < -0.3 is 5.73 Å². The monoisotopic (exact) mass is 525 g/mol. The van der Waals surface area contributed by atoms with Gasteiger partial charge in [-0.2, -0.15) is 31.4 Å². The maximum Gasteiger partial charge on any atom is 0.416 e. The van der Waals surface area contributed by atoms with Crippen LogP contribution < -0.4 is 5.73 Å². The Kier molecular flexibility index (Phi) is 9.72. The molecule has 0 aliphatic carbocycles. The highest BCUT2D eigenvalue weighted by atomic mass is 19.4. The zero-order valence-corrected chi connectivity index (χ0v) is 20.7. The minimum atomic E-state index is -4.99. The molecule has 0 bridgehead atoms. The summed E-state index contributed by atoms with van der Waals surface area (Å²) in [5, 5.41) is 5.48. The minimum absolute atomic E-state index is 0.00649. The lowest BCUT2D eigenvalue weighted by molar-refractivity contribution is -0.143. The molecule has 0 fully saturated rings. The van der Waals surface area contributed by atoms with Crippen LogP contribution in [0.5, 0.6) is 0 Å². The van der Waals surface area contributed by atoms with Gasteiger partial charge in [-0.1, -0.05) is 50.3 Å². The summed E-state index contributed by atoms with van der Waals surface area (Å²) in [5.41, 5.74) is 3.95. The number of allylic oxidation sites excluding steroid dienone is 5. The molecule has 1 atom stereocenters. The Balaban J connectivity index is 2.66. The van der Waals surface area contributed by atoms with Crippen LogP contribution in [0.15, 0.2) is 83.3 Å². The van der Waals surface area contributed by atoms with E-state index in [-0.39, 0.29) is 29.3 Å². The lowest BCUT2D eigenvalue weighted by Gasteiger charge is -2.19. The number of nitrogens with two attached hydrogens (primary N) is 1. The van der Waals surface area contributed by atoms with Gasteiger partial charge in [0.1, 0.15) is 0 Å². The summed E-state index contributed by atoms with van der Waals surface area (Å²) in [4.78, 5) is 12.3. The molecule has 1 aromatic carbocycles. The van der Waals surface area contributed by atoms with Crippen LogP contribution in [-0.2, 0) is 17.1 Å². The predicted molar refractivity (Wildman–Crippen MR) is 132 cm³/mol. The van der Waals surface area contributed by atoms with Crippen LogP contribution >= 0.6 is 0 Å². The minimum Gasteiger partial charge on any atom is -0.366 e. The zero-order valence-electron chi connectivity index (χ0n) is 20.7. The number of hydrogen-bond acceptors (Lipinski definition) is 3. The molecule has 10 heteroatoms. The molecule has 1 aromatic rings. The van der Waals surface area contributed by atoms with Crippen LogP contribution in [0.4, 0.5) is 26.3 Å². The molecular weight excluding hydrogens is 496 g/mol. The molecule has 4 nitrogen and oxygen atoms in total. The SMILES string of the molecule is C=CC(=CCC(=CC)CC)C(=CN1C=CCC(C)C(c2cc(C(F)(F)F)cc(C(F)(F)F)c2)=N1)C(N)=O. The van der Waals surface area contributed by atoms with Crippen molar-refractivity contribution in [1.29, 1.82) is 0 Å². The number of carbonyl (C=O) groups is 1. The fraction of sp³-hybridized carbons (Fsp3) is 0.333. The van der Waals surface area contributed by atoms with E-state index in [1.807, 2.05) is 19.9 Å². The first-order valence-corrected chi connectivity index (χ1v) is 11.5. The molecule has 0 aromatic heterocycles. The van der Waals surface area contributed by atoms with Gasteiger partial charge in [0.15, 0.2) is 0 Å². The van der Waals surface area contributed by atoms with Crippen molar-refractivity contribution in [2.75, 3.05) is 0 Å². The molecule has 0 saturated carbocycles. The third-order valence-electron chi connectivity index (χ3n) is 5.83. The summed E-state index contributed by atoms with van der Waals surface area (Å²) in [5.74, 6) is -1.32. The van der Waals surface area contributed by atoms with Crippen LogP contribution in [0.3, 0.4) is 0 Å². The number of primary amides is 1. The van der Waals surface area contributed by atoms with E-state index in [9.17, 15) is 31.1 Å². The van der Waals surface area contributed by atoms with Gasteiger partial charge in [-0.25, -0.2) is 5.01 Å². The first-order chi connectivity index (χ1) is 17.2. The Hall–Kier alpha value is -3.56. The average Bonchev–Trinajstić information content (AvgIpc) is 3.00. The molecule has 0 radical (unpaired) electrons. The zero-order chi connectivity index (χ0) is 28.0. The van der Waals surface area contributed by atoms with E-state index in [0.29, 0.717) is 24.1 Å². The normalized spacial score (nSPS) is 18.0. The number of benzene rings is 1. The first kappa shape index (κ1) is 29.7. The van der Waals surface area contributed by atoms with E-state index in [1.54, 1.807) is 19.1 Å². The van der Waals surface area contributed by atoms with E-state index >= 15 is 0 Å². The van der Waals surface area contributed by atoms with Crippen LogP contribution in [0.1, 0.15) is 56.7 Å². The summed E-state index contributed by atoms with van der Waals surface area (Å²) in [7, 11) is 0. The lowest BCUT2D eigenvalue weighted by atomic mass is 9.93. The van der Waals surface area contributed by atoms with E-state index in [0.717, 1.165) is 12.0 Å². The Morgan fingerprint density at radius 3 is 2.22 bits per heavy atom. The van der Waals surface area contributed by atoms with Crippen molar-refractivity contribution in [1.82, 2.24) is 5.01 Å². The van der Waals surface area contributed by atoms with Gasteiger partial charge in [0, 0.05) is 18.3 Å². The molecule has 1 heterocycles. The number of hydrogen-bond donors (Lipinski definition) is 1. The second-order valence-corrected chi connectivity index (χ2v) is 8.46. The Morgan fingerprint density at radius 2 is 1.76 bits per heavy atom. The molecule has 0 spiro atoms. The number of carbonyl (C=O) groups excluding carboxylic acids is 1. The number of hydrazone groups is 1. The number of amides is 1. The molecule has 1 amide bonds. The quantitative estimate of drug-likeness (QED) is 0.165. The van der Waals surface area contributed by atoms with Crippen molar-refractivity contribution in [3.05, 3.63) is 94.9 Å². The maximum absolute atomic E-state index is 13.4. The van der Waals surface area contributed by atoms with Crippen molar-refractivity contribution in [3.63, 3.8) is 0 Å². The third-order valence-corrected chi connectivity index (χ3v) is 5.83. The highest BCUT2D eigenvalue weighted by Crippen LogP contribution is 2.37. The van der Waals surface area contributed by atoms with Gasteiger partial charge in [0.2, 0.25) is 0 Å². The number of rotatable bonds is 8. The lowest BCUT2D eigenvalue weighted by Crippen LogP contribution is -2.20. The van der Waals surface area contributed by atoms with Crippen LogP contribution in [0.25, 0.3) is 0 Å². The summed E-state index contributed by atoms with van der Waals surface area (Å²) >= 11 is 0. The molecule has 37 heavy (non-hydrogen) atoms. The molecule has 1 aliphatic rings. The average molecular weight is 526 g/mol. The molecule has 200 valence electrons. The molecule has 2 N–H and O–H groups in total. The van der Waals surface area contributed by atoms with Gasteiger partial charge in [-0.15, -0.1) is 0 Å². The standard InChI is InChI=1S/C27H29F6N3O/c1-5-18(6-2)10-11-19(7-3)23(25(34)37)16-36-12-8-9-17(4)24(35-36)20-13-21(26(28,29)30)15-22(14-20)27(31,32)33/h5,7-8,11-17H,3,6,9-10H2,1-2,4H3,(H2,34,37).